The van der Waals surface area contributed by atoms with Crippen molar-refractivity contribution in [2.24, 2.45) is 11.5 Å². The molecule has 4 N–H and O–H groups in total. The molecule has 19 heavy (non-hydrogen) atoms. The molecule has 0 heterocycles. The Morgan fingerprint density at radius 3 is 2.26 bits per heavy atom. The number of nitrogens with two attached hydrogens (primary N) is 2. The second kappa shape index (κ2) is 15.8. The highest BCUT2D eigenvalue weighted by molar-refractivity contribution is 4.57. The van der Waals surface area contributed by atoms with Gasteiger partial charge in [-0.2, -0.15) is 0 Å². The molecule has 0 aliphatic carbocycles. The van der Waals surface area contributed by atoms with E-state index in [1.165, 1.54) is 19.3 Å². The first-order valence-electron chi connectivity index (χ1n) is 7.36. The second-order valence-electron chi connectivity index (χ2n) is 4.60. The summed E-state index contributed by atoms with van der Waals surface area (Å²) in [5.41, 5.74) is 10.8. The van der Waals surface area contributed by atoms with Crippen LogP contribution in [-0.2, 0) is 19.9 Å². The van der Waals surface area contributed by atoms with Crippen LogP contribution >= 0.6 is 0 Å². The topological polar surface area (TPSA) is 89.0 Å². The summed E-state index contributed by atoms with van der Waals surface area (Å²) in [6.07, 6.45) is 8.28. The van der Waals surface area contributed by atoms with E-state index in [4.69, 9.17) is 21.2 Å². The lowest BCUT2D eigenvalue weighted by Gasteiger charge is -2.14. The standard InChI is InChI=1S/C13H30N2O4/c1-2-3-4-5-8-13(9-6-10-14)17-19-18-16-12-7-11-15/h13H,2-12,14-15H2,1H3. The minimum atomic E-state index is 0.0125. The average molecular weight is 278 g/mol. The van der Waals surface area contributed by atoms with Gasteiger partial charge >= 0.3 is 0 Å². The van der Waals surface area contributed by atoms with Crippen LogP contribution in [0.1, 0.15) is 58.3 Å². The maximum atomic E-state index is 5.50. The molecule has 6 heteroatoms. The molecule has 0 saturated heterocycles. The minimum absolute atomic E-state index is 0.0125. The van der Waals surface area contributed by atoms with Gasteiger partial charge in [0.1, 0.15) is 0 Å². The van der Waals surface area contributed by atoms with E-state index in [0.717, 1.165) is 32.1 Å². The Bertz CT molecular complexity index is 173. The molecule has 0 spiro atoms. The van der Waals surface area contributed by atoms with Gasteiger partial charge in [-0.1, -0.05) is 32.6 Å². The molecule has 6 nitrogen and oxygen atoms in total. The molecule has 0 rings (SSSR count). The highest BCUT2D eigenvalue weighted by Gasteiger charge is 2.10. The monoisotopic (exact) mass is 278 g/mol. The summed E-state index contributed by atoms with van der Waals surface area (Å²) in [6.45, 7) is 3.80. The Hall–Kier alpha value is -0.240. The molecule has 0 aromatic carbocycles. The Labute approximate surface area is 116 Å². The van der Waals surface area contributed by atoms with Crippen molar-refractivity contribution in [3.63, 3.8) is 0 Å². The Morgan fingerprint density at radius 2 is 1.58 bits per heavy atom. The van der Waals surface area contributed by atoms with Gasteiger partial charge in [-0.15, -0.1) is 0 Å². The first kappa shape index (κ1) is 18.8. The van der Waals surface area contributed by atoms with Crippen molar-refractivity contribution in [1.82, 2.24) is 0 Å². The highest BCUT2D eigenvalue weighted by atomic mass is 17.7. The molecular formula is C13H30N2O4. The summed E-state index contributed by atoms with van der Waals surface area (Å²) in [4.78, 5) is 9.89. The third-order valence-electron chi connectivity index (χ3n) is 2.79. The summed E-state index contributed by atoms with van der Waals surface area (Å²) in [5.74, 6) is 0. The van der Waals surface area contributed by atoms with Crippen molar-refractivity contribution < 1.29 is 19.9 Å². The van der Waals surface area contributed by atoms with Gasteiger partial charge in [0.25, 0.3) is 0 Å². The van der Waals surface area contributed by atoms with E-state index in [2.05, 4.69) is 17.0 Å². The predicted octanol–water partition coefficient (Wildman–Crippen LogP) is 2.22. The predicted molar refractivity (Wildman–Crippen MR) is 73.7 cm³/mol. The van der Waals surface area contributed by atoms with E-state index in [1.807, 2.05) is 0 Å². The summed E-state index contributed by atoms with van der Waals surface area (Å²) in [7, 11) is 0. The normalized spacial score (nSPS) is 12.8. The lowest BCUT2D eigenvalue weighted by atomic mass is 10.1. The maximum absolute atomic E-state index is 5.50. The molecule has 116 valence electrons. The number of rotatable bonds is 15. The first-order chi connectivity index (χ1) is 9.35. The second-order valence-corrected chi connectivity index (χ2v) is 4.60. The van der Waals surface area contributed by atoms with Crippen molar-refractivity contribution in [3.8, 4) is 0 Å². The van der Waals surface area contributed by atoms with Crippen LogP contribution in [-0.4, -0.2) is 25.8 Å². The van der Waals surface area contributed by atoms with E-state index in [1.54, 1.807) is 0 Å². The smallest absolute Gasteiger partial charge is 0.0963 e. The van der Waals surface area contributed by atoms with Gasteiger partial charge in [0.15, 0.2) is 0 Å². The van der Waals surface area contributed by atoms with Crippen LogP contribution in [0.5, 0.6) is 0 Å². The van der Waals surface area contributed by atoms with Crippen molar-refractivity contribution >= 4 is 0 Å². The van der Waals surface area contributed by atoms with Gasteiger partial charge in [-0.05, 0) is 48.8 Å². The van der Waals surface area contributed by atoms with Crippen LogP contribution in [0.15, 0.2) is 0 Å². The van der Waals surface area contributed by atoms with Crippen molar-refractivity contribution in [2.75, 3.05) is 19.7 Å². The number of unbranched alkanes of at least 4 members (excludes halogenated alkanes) is 3. The largest absolute Gasteiger partial charge is 0.330 e. The van der Waals surface area contributed by atoms with E-state index >= 15 is 0 Å². The zero-order chi connectivity index (χ0) is 14.2. The van der Waals surface area contributed by atoms with Crippen LogP contribution in [0.25, 0.3) is 0 Å². The van der Waals surface area contributed by atoms with Crippen molar-refractivity contribution in [2.45, 2.75) is 64.4 Å². The summed E-state index contributed by atoms with van der Waals surface area (Å²) >= 11 is 0. The Morgan fingerprint density at radius 1 is 0.842 bits per heavy atom. The maximum Gasteiger partial charge on any atom is 0.0963 e. The van der Waals surface area contributed by atoms with Gasteiger partial charge in [0, 0.05) is 0 Å². The van der Waals surface area contributed by atoms with Crippen molar-refractivity contribution in [1.29, 1.82) is 0 Å². The third kappa shape index (κ3) is 14.0. The van der Waals surface area contributed by atoms with Gasteiger partial charge in [-0.25, -0.2) is 9.78 Å². The molecule has 0 saturated carbocycles. The van der Waals surface area contributed by atoms with E-state index < -0.39 is 0 Å². The van der Waals surface area contributed by atoms with Gasteiger partial charge < -0.3 is 11.5 Å². The van der Waals surface area contributed by atoms with Gasteiger partial charge in [0.2, 0.25) is 0 Å². The van der Waals surface area contributed by atoms with E-state index in [-0.39, 0.29) is 6.10 Å². The molecule has 0 aliphatic rings. The first-order valence-corrected chi connectivity index (χ1v) is 7.36. The van der Waals surface area contributed by atoms with Crippen LogP contribution in [0.4, 0.5) is 0 Å². The van der Waals surface area contributed by atoms with Crippen LogP contribution < -0.4 is 11.5 Å². The minimum Gasteiger partial charge on any atom is -0.330 e. The molecule has 0 bridgehead atoms. The summed E-state index contributed by atoms with van der Waals surface area (Å²) in [5, 5.41) is 9.06. The van der Waals surface area contributed by atoms with Gasteiger partial charge in [0.05, 0.1) is 12.7 Å². The lowest BCUT2D eigenvalue weighted by molar-refractivity contribution is -0.642. The Balaban J connectivity index is 3.55. The molecule has 1 unspecified atom stereocenters. The molecule has 0 radical (unpaired) electrons. The fourth-order valence-corrected chi connectivity index (χ4v) is 1.65. The summed E-state index contributed by atoms with van der Waals surface area (Å²) < 4.78 is 0. The average Bonchev–Trinajstić information content (AvgIpc) is 2.43. The molecule has 1 atom stereocenters. The number of hydrogen-bond donors (Lipinski definition) is 2. The molecular weight excluding hydrogens is 248 g/mol. The SMILES string of the molecule is CCCCCCC(CCCN)OOOOCCCN. The number of hydrogen-bond acceptors (Lipinski definition) is 6. The van der Waals surface area contributed by atoms with Crippen LogP contribution in [0.3, 0.4) is 0 Å². The van der Waals surface area contributed by atoms with Crippen LogP contribution in [0.2, 0.25) is 0 Å². The molecule has 0 amide bonds. The van der Waals surface area contributed by atoms with Crippen molar-refractivity contribution in [3.05, 3.63) is 0 Å². The van der Waals surface area contributed by atoms with E-state index in [0.29, 0.717) is 19.7 Å². The van der Waals surface area contributed by atoms with Gasteiger partial charge in [-0.3, -0.25) is 0 Å². The Kier molecular flexibility index (Phi) is 15.6. The third-order valence-corrected chi connectivity index (χ3v) is 2.79. The molecule has 0 aliphatic heterocycles. The van der Waals surface area contributed by atoms with E-state index in [9.17, 15) is 0 Å². The fraction of sp³-hybridized carbons (Fsp3) is 1.00. The zero-order valence-corrected chi connectivity index (χ0v) is 12.1. The molecule has 0 fully saturated rings. The lowest BCUT2D eigenvalue weighted by Crippen LogP contribution is -2.16. The highest BCUT2D eigenvalue weighted by Crippen LogP contribution is 2.13. The zero-order valence-electron chi connectivity index (χ0n) is 12.1. The summed E-state index contributed by atoms with van der Waals surface area (Å²) in [6, 6.07) is 0. The molecule has 0 aromatic heterocycles. The quantitative estimate of drug-likeness (QED) is 0.271. The van der Waals surface area contributed by atoms with Crippen LogP contribution in [0, 0.1) is 0 Å². The molecule has 0 aromatic rings. The fourth-order valence-electron chi connectivity index (χ4n) is 1.65.